The summed E-state index contributed by atoms with van der Waals surface area (Å²) in [6, 6.07) is 4.86. The zero-order valence-corrected chi connectivity index (χ0v) is 8.84. The molecule has 78 valence electrons. The van der Waals surface area contributed by atoms with Gasteiger partial charge in [0.05, 0.1) is 0 Å². The third-order valence-corrected chi connectivity index (χ3v) is 2.70. The molecule has 3 heteroatoms. The summed E-state index contributed by atoms with van der Waals surface area (Å²) < 4.78 is 13.5. The van der Waals surface area contributed by atoms with Crippen LogP contribution < -0.4 is 5.73 Å². The monoisotopic (exact) mass is 204 g/mol. The van der Waals surface area contributed by atoms with Crippen LogP contribution in [0.2, 0.25) is 0 Å². The topological polar surface area (TPSA) is 38.9 Å². The minimum atomic E-state index is -0.311. The van der Waals surface area contributed by atoms with Crippen molar-refractivity contribution in [1.29, 1.82) is 0 Å². The van der Waals surface area contributed by atoms with Gasteiger partial charge >= 0.3 is 0 Å². The molecule has 0 aliphatic heterocycles. The Morgan fingerprint density at radius 2 is 2.13 bits per heavy atom. The minimum Gasteiger partial charge on any atom is -0.398 e. The number of aryl methyl sites for hydroxylation is 1. The zero-order chi connectivity index (χ0) is 11.0. The molecule has 0 aliphatic rings. The predicted octanol–water partition coefficient (Wildman–Crippen LogP) is 2.83. The number of fused-ring (bicyclic) bond motifs is 1. The van der Waals surface area contributed by atoms with E-state index in [0.29, 0.717) is 16.6 Å². The second-order valence-electron chi connectivity index (χ2n) is 3.59. The first kappa shape index (κ1) is 9.90. The van der Waals surface area contributed by atoms with Crippen LogP contribution in [-0.4, -0.2) is 4.98 Å². The number of halogens is 1. The van der Waals surface area contributed by atoms with Gasteiger partial charge in [-0.3, -0.25) is 0 Å². The predicted molar refractivity (Wildman–Crippen MR) is 60.2 cm³/mol. The number of para-hydroxylation sites is 1. The van der Waals surface area contributed by atoms with Gasteiger partial charge < -0.3 is 5.73 Å². The van der Waals surface area contributed by atoms with E-state index < -0.39 is 0 Å². The lowest BCUT2D eigenvalue weighted by Gasteiger charge is -2.10. The molecule has 0 saturated heterocycles. The van der Waals surface area contributed by atoms with Crippen LogP contribution in [0.1, 0.15) is 18.2 Å². The number of nitrogen functional groups attached to an aromatic ring is 1. The van der Waals surface area contributed by atoms with Crippen molar-refractivity contribution in [3.8, 4) is 0 Å². The molecule has 0 spiro atoms. The van der Waals surface area contributed by atoms with E-state index in [1.165, 1.54) is 6.07 Å². The van der Waals surface area contributed by atoms with E-state index in [1.807, 2.05) is 13.8 Å². The number of anilines is 1. The number of rotatable bonds is 1. The number of benzene rings is 1. The number of nitrogens with two attached hydrogens (primary N) is 1. The van der Waals surface area contributed by atoms with E-state index in [-0.39, 0.29) is 5.82 Å². The molecular formula is C12H13FN2. The molecule has 2 nitrogen and oxygen atoms in total. The van der Waals surface area contributed by atoms with Crippen molar-refractivity contribution in [1.82, 2.24) is 4.98 Å². The summed E-state index contributed by atoms with van der Waals surface area (Å²) in [5.41, 5.74) is 8.79. The molecule has 1 aromatic heterocycles. The van der Waals surface area contributed by atoms with Crippen molar-refractivity contribution >= 4 is 16.6 Å². The van der Waals surface area contributed by atoms with E-state index in [9.17, 15) is 4.39 Å². The number of nitrogens with zero attached hydrogens (tertiary/aromatic N) is 1. The van der Waals surface area contributed by atoms with E-state index in [2.05, 4.69) is 4.98 Å². The van der Waals surface area contributed by atoms with E-state index in [0.717, 1.165) is 17.7 Å². The van der Waals surface area contributed by atoms with E-state index >= 15 is 0 Å². The van der Waals surface area contributed by atoms with Crippen molar-refractivity contribution in [3.05, 3.63) is 35.3 Å². The van der Waals surface area contributed by atoms with Crippen molar-refractivity contribution < 1.29 is 4.39 Å². The summed E-state index contributed by atoms with van der Waals surface area (Å²) >= 11 is 0. The molecule has 1 aromatic carbocycles. The van der Waals surface area contributed by atoms with Crippen LogP contribution in [0.3, 0.4) is 0 Å². The van der Waals surface area contributed by atoms with Gasteiger partial charge in [0.15, 0.2) is 0 Å². The Morgan fingerprint density at radius 3 is 2.80 bits per heavy atom. The number of pyridine rings is 1. The lowest BCUT2D eigenvalue weighted by molar-refractivity contribution is 0.636. The molecule has 2 rings (SSSR count). The minimum absolute atomic E-state index is 0.311. The van der Waals surface area contributed by atoms with Crippen molar-refractivity contribution in [2.24, 2.45) is 0 Å². The molecule has 1 heterocycles. The summed E-state index contributed by atoms with van der Waals surface area (Å²) in [6.07, 6.45) is 0.764. The first-order valence-corrected chi connectivity index (χ1v) is 4.98. The zero-order valence-electron chi connectivity index (χ0n) is 8.84. The van der Waals surface area contributed by atoms with Crippen LogP contribution in [0.5, 0.6) is 0 Å². The van der Waals surface area contributed by atoms with Crippen LogP contribution in [0, 0.1) is 12.7 Å². The van der Waals surface area contributed by atoms with Crippen LogP contribution >= 0.6 is 0 Å². The molecule has 0 radical (unpaired) electrons. The highest BCUT2D eigenvalue weighted by Crippen LogP contribution is 2.26. The van der Waals surface area contributed by atoms with E-state index in [1.54, 1.807) is 12.1 Å². The van der Waals surface area contributed by atoms with Gasteiger partial charge in [0.1, 0.15) is 11.3 Å². The largest absolute Gasteiger partial charge is 0.398 e. The molecular weight excluding hydrogens is 191 g/mol. The molecule has 0 fully saturated rings. The first-order valence-electron chi connectivity index (χ1n) is 4.98. The van der Waals surface area contributed by atoms with Crippen LogP contribution in [0.25, 0.3) is 10.9 Å². The van der Waals surface area contributed by atoms with Crippen molar-refractivity contribution in [2.45, 2.75) is 20.3 Å². The Labute approximate surface area is 87.9 Å². The summed E-state index contributed by atoms with van der Waals surface area (Å²) in [5.74, 6) is -0.311. The smallest absolute Gasteiger partial charge is 0.149 e. The maximum atomic E-state index is 13.5. The van der Waals surface area contributed by atoms with Gasteiger partial charge in [-0.05, 0) is 25.0 Å². The van der Waals surface area contributed by atoms with Gasteiger partial charge in [0, 0.05) is 16.8 Å². The average molecular weight is 204 g/mol. The van der Waals surface area contributed by atoms with Gasteiger partial charge in [0.2, 0.25) is 0 Å². The Morgan fingerprint density at radius 1 is 1.40 bits per heavy atom. The maximum absolute atomic E-state index is 13.5. The van der Waals surface area contributed by atoms with Crippen LogP contribution in [0.15, 0.2) is 18.2 Å². The fraction of sp³-hybridized carbons (Fsp3) is 0.250. The third-order valence-electron chi connectivity index (χ3n) is 2.70. The summed E-state index contributed by atoms with van der Waals surface area (Å²) in [4.78, 5) is 4.30. The highest BCUT2D eigenvalue weighted by Gasteiger charge is 2.10. The van der Waals surface area contributed by atoms with Crippen LogP contribution in [0.4, 0.5) is 10.1 Å². The fourth-order valence-corrected chi connectivity index (χ4v) is 1.77. The third kappa shape index (κ3) is 1.44. The van der Waals surface area contributed by atoms with E-state index in [4.69, 9.17) is 5.73 Å². The standard InChI is InChI=1S/C12H13FN2/c1-3-10-7(2)11(14)8-5-4-6-9(13)12(8)15-10/h4-6H,3H2,1-2H3,(H2,14,15). The Bertz CT molecular complexity index is 521. The first-order chi connectivity index (χ1) is 7.15. The van der Waals surface area contributed by atoms with Gasteiger partial charge in [-0.1, -0.05) is 19.1 Å². The second kappa shape index (κ2) is 3.50. The molecule has 0 bridgehead atoms. The lowest BCUT2D eigenvalue weighted by Crippen LogP contribution is -2.01. The highest BCUT2D eigenvalue weighted by atomic mass is 19.1. The molecule has 2 N–H and O–H groups in total. The molecule has 0 amide bonds. The van der Waals surface area contributed by atoms with Gasteiger partial charge in [-0.2, -0.15) is 0 Å². The maximum Gasteiger partial charge on any atom is 0.149 e. The highest BCUT2D eigenvalue weighted by molar-refractivity contribution is 5.92. The number of hydrogen-bond donors (Lipinski definition) is 1. The second-order valence-corrected chi connectivity index (χ2v) is 3.59. The molecule has 0 unspecified atom stereocenters. The summed E-state index contributed by atoms with van der Waals surface area (Å²) in [6.45, 7) is 3.91. The SMILES string of the molecule is CCc1nc2c(F)cccc2c(N)c1C. The number of aromatic nitrogens is 1. The molecule has 0 saturated carbocycles. The summed E-state index contributed by atoms with van der Waals surface area (Å²) in [5, 5.41) is 0.699. The number of hydrogen-bond acceptors (Lipinski definition) is 2. The van der Waals surface area contributed by atoms with Crippen molar-refractivity contribution in [3.63, 3.8) is 0 Å². The quantitative estimate of drug-likeness (QED) is 0.775. The molecule has 2 aromatic rings. The molecule has 0 aliphatic carbocycles. The Kier molecular flexibility index (Phi) is 2.31. The normalized spacial score (nSPS) is 10.9. The lowest BCUT2D eigenvalue weighted by atomic mass is 10.1. The summed E-state index contributed by atoms with van der Waals surface area (Å²) in [7, 11) is 0. The average Bonchev–Trinajstić information content (AvgIpc) is 2.24. The fourth-order valence-electron chi connectivity index (χ4n) is 1.77. The van der Waals surface area contributed by atoms with Gasteiger partial charge in [0.25, 0.3) is 0 Å². The van der Waals surface area contributed by atoms with Gasteiger partial charge in [-0.15, -0.1) is 0 Å². The van der Waals surface area contributed by atoms with Gasteiger partial charge in [-0.25, -0.2) is 9.37 Å². The Balaban J connectivity index is 2.91. The van der Waals surface area contributed by atoms with Crippen LogP contribution in [-0.2, 0) is 6.42 Å². The molecule has 0 atom stereocenters. The van der Waals surface area contributed by atoms with Crippen molar-refractivity contribution in [2.75, 3.05) is 5.73 Å². The molecule has 15 heavy (non-hydrogen) atoms. The Hall–Kier alpha value is -1.64.